The average Bonchev–Trinajstić information content (AvgIpc) is 2.95. The van der Waals surface area contributed by atoms with Crippen LogP contribution in [0, 0.1) is 0 Å². The molecular weight excluding hydrogens is 502 g/mol. The van der Waals surface area contributed by atoms with Gasteiger partial charge < -0.3 is 29.5 Å². The lowest BCUT2D eigenvalue weighted by Crippen LogP contribution is -2.49. The SMILES string of the molecule is COc1ccc(C(=O)N2CCN(c3ccc4c(c3)CCC(=O)N4C(=O)c3cc(O)cc(O)c3)CC2)cc1OC. The summed E-state index contributed by atoms with van der Waals surface area (Å²) in [6.45, 7) is 2.33. The van der Waals surface area contributed by atoms with Crippen molar-refractivity contribution in [2.45, 2.75) is 12.8 Å². The van der Waals surface area contributed by atoms with Gasteiger partial charge in [-0.05, 0) is 60.5 Å². The normalized spacial score (nSPS) is 15.1. The molecule has 3 aromatic carbocycles. The van der Waals surface area contributed by atoms with E-state index in [0.29, 0.717) is 55.3 Å². The number of anilines is 2. The first-order chi connectivity index (χ1) is 18.8. The Balaban J connectivity index is 1.30. The summed E-state index contributed by atoms with van der Waals surface area (Å²) in [6, 6.07) is 14.3. The number of phenols is 2. The first-order valence-corrected chi connectivity index (χ1v) is 12.6. The van der Waals surface area contributed by atoms with Crippen LogP contribution in [0.25, 0.3) is 0 Å². The lowest BCUT2D eigenvalue weighted by Gasteiger charge is -2.37. The van der Waals surface area contributed by atoms with E-state index >= 15 is 0 Å². The molecule has 10 nitrogen and oxygen atoms in total. The zero-order chi connectivity index (χ0) is 27.7. The number of piperazine rings is 1. The summed E-state index contributed by atoms with van der Waals surface area (Å²) in [6.07, 6.45) is 0.662. The molecule has 2 aliphatic rings. The lowest BCUT2D eigenvalue weighted by atomic mass is 9.98. The highest BCUT2D eigenvalue weighted by molar-refractivity contribution is 6.22. The molecule has 202 valence electrons. The van der Waals surface area contributed by atoms with E-state index in [-0.39, 0.29) is 35.3 Å². The van der Waals surface area contributed by atoms with Crippen LogP contribution in [-0.2, 0) is 11.2 Å². The van der Waals surface area contributed by atoms with E-state index in [0.717, 1.165) is 22.2 Å². The maximum absolute atomic E-state index is 13.2. The van der Waals surface area contributed by atoms with Crippen LogP contribution in [0.1, 0.15) is 32.7 Å². The van der Waals surface area contributed by atoms with E-state index in [2.05, 4.69) is 4.90 Å². The van der Waals surface area contributed by atoms with Crippen LogP contribution in [0.15, 0.2) is 54.6 Å². The van der Waals surface area contributed by atoms with E-state index in [4.69, 9.17) is 9.47 Å². The van der Waals surface area contributed by atoms with Crippen molar-refractivity contribution in [3.63, 3.8) is 0 Å². The van der Waals surface area contributed by atoms with Gasteiger partial charge in [0.25, 0.3) is 11.8 Å². The van der Waals surface area contributed by atoms with Gasteiger partial charge in [-0.25, -0.2) is 4.90 Å². The number of carbonyl (C=O) groups is 3. The standard InChI is InChI=1S/C29H29N3O7/c1-38-25-7-3-19(16-26(25)39-2)28(36)31-11-9-30(10-12-31)21-5-6-24-18(13-21)4-8-27(35)32(24)29(37)20-14-22(33)17-23(34)15-20/h3,5-7,13-17,33-34H,4,8-12H2,1-2H3. The van der Waals surface area contributed by atoms with Crippen molar-refractivity contribution in [1.29, 1.82) is 0 Å². The third-order valence-corrected chi connectivity index (χ3v) is 7.08. The molecule has 3 aromatic rings. The number of fused-ring (bicyclic) bond motifs is 1. The van der Waals surface area contributed by atoms with E-state index in [1.165, 1.54) is 19.2 Å². The number of methoxy groups -OCH3 is 2. The van der Waals surface area contributed by atoms with Gasteiger partial charge in [0, 0.05) is 55.5 Å². The van der Waals surface area contributed by atoms with Crippen molar-refractivity contribution in [2.75, 3.05) is 50.2 Å². The van der Waals surface area contributed by atoms with Gasteiger partial charge in [0.2, 0.25) is 5.91 Å². The molecule has 0 atom stereocenters. The molecule has 3 amide bonds. The molecule has 0 radical (unpaired) electrons. The maximum atomic E-state index is 13.2. The minimum Gasteiger partial charge on any atom is -0.508 e. The second kappa shape index (κ2) is 10.6. The van der Waals surface area contributed by atoms with Gasteiger partial charge in [-0.2, -0.15) is 0 Å². The van der Waals surface area contributed by atoms with Gasteiger partial charge in [-0.15, -0.1) is 0 Å². The molecule has 10 heteroatoms. The summed E-state index contributed by atoms with van der Waals surface area (Å²) < 4.78 is 10.6. The van der Waals surface area contributed by atoms with Gasteiger partial charge in [0.15, 0.2) is 11.5 Å². The largest absolute Gasteiger partial charge is 0.508 e. The molecule has 0 aromatic heterocycles. The summed E-state index contributed by atoms with van der Waals surface area (Å²) in [7, 11) is 3.08. The zero-order valence-corrected chi connectivity index (χ0v) is 21.7. The molecule has 0 bridgehead atoms. The van der Waals surface area contributed by atoms with Crippen molar-refractivity contribution in [2.24, 2.45) is 0 Å². The number of nitrogens with zero attached hydrogens (tertiary/aromatic N) is 3. The number of rotatable bonds is 5. The Labute approximate surface area is 225 Å². The molecule has 0 saturated carbocycles. The number of ether oxygens (including phenoxy) is 2. The average molecular weight is 532 g/mol. The van der Waals surface area contributed by atoms with Crippen LogP contribution in [0.5, 0.6) is 23.0 Å². The Hall–Kier alpha value is -4.73. The van der Waals surface area contributed by atoms with E-state index in [1.807, 2.05) is 12.1 Å². The molecule has 1 saturated heterocycles. The second-order valence-electron chi connectivity index (χ2n) is 9.43. The van der Waals surface area contributed by atoms with Crippen LogP contribution in [0.2, 0.25) is 0 Å². The molecule has 0 spiro atoms. The Morgan fingerprint density at radius 3 is 2.10 bits per heavy atom. The lowest BCUT2D eigenvalue weighted by molar-refractivity contribution is -0.118. The number of benzene rings is 3. The molecular formula is C29H29N3O7. The first-order valence-electron chi connectivity index (χ1n) is 12.6. The van der Waals surface area contributed by atoms with Gasteiger partial charge >= 0.3 is 0 Å². The molecule has 0 aliphatic carbocycles. The number of hydrogen-bond acceptors (Lipinski definition) is 8. The third-order valence-electron chi connectivity index (χ3n) is 7.08. The highest BCUT2D eigenvalue weighted by atomic mass is 16.5. The number of imide groups is 1. The molecule has 2 heterocycles. The molecule has 2 aliphatic heterocycles. The summed E-state index contributed by atoms with van der Waals surface area (Å²) >= 11 is 0. The predicted octanol–water partition coefficient (Wildman–Crippen LogP) is 3.20. The number of amides is 3. The fraction of sp³-hybridized carbons (Fsp3) is 0.276. The molecule has 1 fully saturated rings. The van der Waals surface area contributed by atoms with Gasteiger partial charge in [-0.1, -0.05) is 0 Å². The monoisotopic (exact) mass is 531 g/mol. The molecule has 0 unspecified atom stereocenters. The van der Waals surface area contributed by atoms with E-state index in [1.54, 1.807) is 36.3 Å². The highest BCUT2D eigenvalue weighted by Gasteiger charge is 2.32. The smallest absolute Gasteiger partial charge is 0.265 e. The summed E-state index contributed by atoms with van der Waals surface area (Å²) in [5, 5.41) is 19.6. The Kier molecular flexibility index (Phi) is 7.02. The fourth-order valence-electron chi connectivity index (χ4n) is 5.06. The van der Waals surface area contributed by atoms with E-state index in [9.17, 15) is 24.6 Å². The van der Waals surface area contributed by atoms with Gasteiger partial charge in [0.1, 0.15) is 11.5 Å². The zero-order valence-electron chi connectivity index (χ0n) is 21.7. The number of aromatic hydroxyl groups is 2. The summed E-state index contributed by atoms with van der Waals surface area (Å²) in [4.78, 5) is 44.1. The number of carbonyl (C=O) groups excluding carboxylic acids is 3. The quantitative estimate of drug-likeness (QED) is 0.482. The maximum Gasteiger partial charge on any atom is 0.265 e. The Morgan fingerprint density at radius 1 is 0.744 bits per heavy atom. The van der Waals surface area contributed by atoms with Crippen LogP contribution in [-0.4, -0.2) is 73.2 Å². The fourth-order valence-corrected chi connectivity index (χ4v) is 5.06. The van der Waals surface area contributed by atoms with Gasteiger partial charge in [0.05, 0.1) is 19.9 Å². The second-order valence-corrected chi connectivity index (χ2v) is 9.43. The summed E-state index contributed by atoms with van der Waals surface area (Å²) in [5.41, 5.74) is 2.85. The van der Waals surface area contributed by atoms with Crippen molar-refractivity contribution in [3.8, 4) is 23.0 Å². The molecule has 39 heavy (non-hydrogen) atoms. The number of aryl methyl sites for hydroxylation is 1. The van der Waals surface area contributed by atoms with Crippen molar-refractivity contribution in [3.05, 3.63) is 71.3 Å². The first kappa shape index (κ1) is 25.9. The van der Waals surface area contributed by atoms with Crippen molar-refractivity contribution in [1.82, 2.24) is 4.90 Å². The van der Waals surface area contributed by atoms with Crippen LogP contribution in [0.3, 0.4) is 0 Å². The van der Waals surface area contributed by atoms with E-state index < -0.39 is 5.91 Å². The summed E-state index contributed by atoms with van der Waals surface area (Å²) in [5.74, 6) is -0.486. The van der Waals surface area contributed by atoms with Crippen molar-refractivity contribution >= 4 is 29.1 Å². The molecule has 2 N–H and O–H groups in total. The topological polar surface area (TPSA) is 120 Å². The minimum absolute atomic E-state index is 0.0213. The number of phenolic OH excluding ortho intramolecular Hbond substituents is 2. The van der Waals surface area contributed by atoms with Crippen LogP contribution < -0.4 is 19.3 Å². The Morgan fingerprint density at radius 2 is 1.44 bits per heavy atom. The number of hydrogen-bond donors (Lipinski definition) is 2. The van der Waals surface area contributed by atoms with Crippen molar-refractivity contribution < 1.29 is 34.1 Å². The van der Waals surface area contributed by atoms with Gasteiger partial charge in [-0.3, -0.25) is 14.4 Å². The molecule has 5 rings (SSSR count). The highest BCUT2D eigenvalue weighted by Crippen LogP contribution is 2.34. The predicted molar refractivity (Wildman–Crippen MR) is 144 cm³/mol. The Bertz CT molecular complexity index is 1430. The van der Waals surface area contributed by atoms with Crippen LogP contribution in [0.4, 0.5) is 11.4 Å². The third kappa shape index (κ3) is 5.05. The minimum atomic E-state index is -0.609. The van der Waals surface area contributed by atoms with Crippen LogP contribution >= 0.6 is 0 Å².